The molecule has 0 fully saturated rings. The van der Waals surface area contributed by atoms with E-state index in [0.717, 1.165) is 19.3 Å². The summed E-state index contributed by atoms with van der Waals surface area (Å²) in [5.41, 5.74) is 6.05. The molecule has 0 radical (unpaired) electrons. The highest BCUT2D eigenvalue weighted by Gasteiger charge is 2.22. The first kappa shape index (κ1) is 16.4. The van der Waals surface area contributed by atoms with Gasteiger partial charge in [0.25, 0.3) is 0 Å². The van der Waals surface area contributed by atoms with E-state index in [2.05, 4.69) is 46.9 Å². The normalized spacial score (nSPS) is 14.5. The lowest BCUT2D eigenvalue weighted by atomic mass is 9.87. The Hall–Kier alpha value is -0.570. The molecular formula is C14H30N2O. The van der Waals surface area contributed by atoms with Crippen molar-refractivity contribution in [3.8, 4) is 0 Å². The van der Waals surface area contributed by atoms with E-state index in [-0.39, 0.29) is 22.9 Å². The standard InChI is InChI=1S/C14H30N2O/c1-7-8-14(5,6)16-12(17)9-11(15)10-13(2,3)4/h11H,7-10,15H2,1-6H3,(H,16,17). The molecule has 17 heavy (non-hydrogen) atoms. The van der Waals surface area contributed by atoms with Crippen molar-refractivity contribution in [2.45, 2.75) is 78.8 Å². The van der Waals surface area contributed by atoms with Crippen molar-refractivity contribution in [1.29, 1.82) is 0 Å². The molecule has 1 amide bonds. The summed E-state index contributed by atoms with van der Waals surface area (Å²) in [6.45, 7) is 12.7. The molecule has 1 atom stereocenters. The fourth-order valence-corrected chi connectivity index (χ4v) is 2.21. The third-order valence-corrected chi connectivity index (χ3v) is 2.67. The molecule has 0 aliphatic carbocycles. The van der Waals surface area contributed by atoms with Gasteiger partial charge in [-0.15, -0.1) is 0 Å². The maximum absolute atomic E-state index is 11.8. The third kappa shape index (κ3) is 9.16. The second-order valence-electron chi connectivity index (χ2n) is 6.91. The lowest BCUT2D eigenvalue weighted by molar-refractivity contribution is -0.123. The van der Waals surface area contributed by atoms with Crippen LogP contribution in [-0.4, -0.2) is 17.5 Å². The van der Waals surface area contributed by atoms with Crippen molar-refractivity contribution in [3.63, 3.8) is 0 Å². The smallest absolute Gasteiger partial charge is 0.221 e. The van der Waals surface area contributed by atoms with Crippen LogP contribution in [-0.2, 0) is 4.79 Å². The monoisotopic (exact) mass is 242 g/mol. The highest BCUT2D eigenvalue weighted by atomic mass is 16.1. The molecule has 1 unspecified atom stereocenters. The average molecular weight is 242 g/mol. The molecule has 0 aromatic rings. The van der Waals surface area contributed by atoms with Crippen LogP contribution in [0.4, 0.5) is 0 Å². The van der Waals surface area contributed by atoms with Gasteiger partial charge >= 0.3 is 0 Å². The zero-order chi connectivity index (χ0) is 13.7. The quantitative estimate of drug-likeness (QED) is 0.752. The van der Waals surface area contributed by atoms with Crippen LogP contribution in [0, 0.1) is 5.41 Å². The molecule has 3 heteroatoms. The fourth-order valence-electron chi connectivity index (χ4n) is 2.21. The van der Waals surface area contributed by atoms with Crippen LogP contribution in [0.1, 0.15) is 67.2 Å². The van der Waals surface area contributed by atoms with Gasteiger partial charge in [-0.05, 0) is 32.1 Å². The predicted molar refractivity (Wildman–Crippen MR) is 73.8 cm³/mol. The minimum absolute atomic E-state index is 0.0487. The Morgan fingerprint density at radius 3 is 2.18 bits per heavy atom. The number of nitrogens with one attached hydrogen (secondary N) is 1. The first-order chi connectivity index (χ1) is 7.56. The van der Waals surface area contributed by atoms with Gasteiger partial charge in [-0.25, -0.2) is 0 Å². The molecule has 0 rings (SSSR count). The van der Waals surface area contributed by atoms with E-state index in [1.165, 1.54) is 0 Å². The number of hydrogen-bond donors (Lipinski definition) is 2. The highest BCUT2D eigenvalue weighted by molar-refractivity contribution is 5.77. The Morgan fingerprint density at radius 2 is 1.76 bits per heavy atom. The Labute approximate surface area is 107 Å². The highest BCUT2D eigenvalue weighted by Crippen LogP contribution is 2.21. The van der Waals surface area contributed by atoms with E-state index in [4.69, 9.17) is 5.73 Å². The Balaban J connectivity index is 4.10. The van der Waals surface area contributed by atoms with E-state index in [0.29, 0.717) is 6.42 Å². The van der Waals surface area contributed by atoms with Crippen molar-refractivity contribution in [2.24, 2.45) is 11.1 Å². The lowest BCUT2D eigenvalue weighted by Crippen LogP contribution is -2.45. The van der Waals surface area contributed by atoms with Gasteiger partial charge in [0.2, 0.25) is 5.91 Å². The molecule has 0 aromatic carbocycles. The number of rotatable bonds is 6. The summed E-state index contributed by atoms with van der Waals surface area (Å²) in [5.74, 6) is 0.0696. The maximum Gasteiger partial charge on any atom is 0.221 e. The van der Waals surface area contributed by atoms with Crippen LogP contribution in [0.15, 0.2) is 0 Å². The summed E-state index contributed by atoms with van der Waals surface area (Å²) in [5, 5.41) is 3.05. The first-order valence-corrected chi connectivity index (χ1v) is 6.62. The second-order valence-corrected chi connectivity index (χ2v) is 6.91. The Morgan fingerprint density at radius 1 is 1.24 bits per heavy atom. The molecule has 0 heterocycles. The van der Waals surface area contributed by atoms with Crippen molar-refractivity contribution in [1.82, 2.24) is 5.32 Å². The molecule has 0 bridgehead atoms. The summed E-state index contributed by atoms with van der Waals surface area (Å²) in [7, 11) is 0. The number of hydrogen-bond acceptors (Lipinski definition) is 2. The van der Waals surface area contributed by atoms with Crippen LogP contribution in [0.2, 0.25) is 0 Å². The fraction of sp³-hybridized carbons (Fsp3) is 0.929. The minimum Gasteiger partial charge on any atom is -0.351 e. The molecular weight excluding hydrogens is 212 g/mol. The van der Waals surface area contributed by atoms with Gasteiger partial charge in [0.15, 0.2) is 0 Å². The van der Waals surface area contributed by atoms with Crippen molar-refractivity contribution < 1.29 is 4.79 Å². The SMILES string of the molecule is CCCC(C)(C)NC(=O)CC(N)CC(C)(C)C. The van der Waals surface area contributed by atoms with Gasteiger partial charge in [0, 0.05) is 18.0 Å². The largest absolute Gasteiger partial charge is 0.351 e. The molecule has 0 aliphatic rings. The van der Waals surface area contributed by atoms with Crippen LogP contribution < -0.4 is 11.1 Å². The van der Waals surface area contributed by atoms with Gasteiger partial charge in [-0.1, -0.05) is 34.1 Å². The molecule has 3 N–H and O–H groups in total. The van der Waals surface area contributed by atoms with E-state index in [1.807, 2.05) is 0 Å². The predicted octanol–water partition coefficient (Wildman–Crippen LogP) is 2.83. The minimum atomic E-state index is -0.118. The summed E-state index contributed by atoms with van der Waals surface area (Å²) < 4.78 is 0. The lowest BCUT2D eigenvalue weighted by Gasteiger charge is -2.28. The zero-order valence-corrected chi connectivity index (χ0v) is 12.4. The van der Waals surface area contributed by atoms with Gasteiger partial charge < -0.3 is 11.1 Å². The van der Waals surface area contributed by atoms with Gasteiger partial charge in [0.1, 0.15) is 0 Å². The molecule has 3 nitrogen and oxygen atoms in total. The molecule has 0 saturated heterocycles. The zero-order valence-electron chi connectivity index (χ0n) is 12.4. The van der Waals surface area contributed by atoms with E-state index in [9.17, 15) is 4.79 Å². The Kier molecular flexibility index (Phi) is 6.17. The summed E-state index contributed by atoms with van der Waals surface area (Å²) in [6, 6.07) is -0.0487. The second kappa shape index (κ2) is 6.39. The molecule has 102 valence electrons. The van der Waals surface area contributed by atoms with Crippen molar-refractivity contribution in [2.75, 3.05) is 0 Å². The number of carbonyl (C=O) groups excluding carboxylic acids is 1. The summed E-state index contributed by atoms with van der Waals surface area (Å²) in [6.07, 6.45) is 3.35. The van der Waals surface area contributed by atoms with Crippen LogP contribution in [0.25, 0.3) is 0 Å². The van der Waals surface area contributed by atoms with Gasteiger partial charge in [0.05, 0.1) is 0 Å². The number of amides is 1. The van der Waals surface area contributed by atoms with Gasteiger partial charge in [-0.2, -0.15) is 0 Å². The summed E-state index contributed by atoms with van der Waals surface area (Å²) >= 11 is 0. The summed E-state index contributed by atoms with van der Waals surface area (Å²) in [4.78, 5) is 11.8. The average Bonchev–Trinajstić information content (AvgIpc) is 1.96. The number of nitrogens with two attached hydrogens (primary N) is 1. The third-order valence-electron chi connectivity index (χ3n) is 2.67. The van der Waals surface area contributed by atoms with Crippen LogP contribution in [0.5, 0.6) is 0 Å². The molecule has 0 saturated carbocycles. The Bertz CT molecular complexity index is 241. The van der Waals surface area contributed by atoms with Crippen LogP contribution in [0.3, 0.4) is 0 Å². The van der Waals surface area contributed by atoms with Crippen molar-refractivity contribution in [3.05, 3.63) is 0 Å². The van der Waals surface area contributed by atoms with Crippen molar-refractivity contribution >= 4 is 5.91 Å². The first-order valence-electron chi connectivity index (χ1n) is 6.62. The van der Waals surface area contributed by atoms with Gasteiger partial charge in [-0.3, -0.25) is 4.79 Å². The number of carbonyl (C=O) groups is 1. The topological polar surface area (TPSA) is 55.1 Å². The van der Waals surface area contributed by atoms with Crippen LogP contribution >= 0.6 is 0 Å². The van der Waals surface area contributed by atoms with E-state index < -0.39 is 0 Å². The molecule has 0 spiro atoms. The molecule has 0 aromatic heterocycles. The van der Waals surface area contributed by atoms with E-state index >= 15 is 0 Å². The maximum atomic E-state index is 11.8. The molecule has 0 aliphatic heterocycles. The van der Waals surface area contributed by atoms with E-state index in [1.54, 1.807) is 0 Å².